The van der Waals surface area contributed by atoms with Gasteiger partial charge in [0.25, 0.3) is 5.91 Å². The van der Waals surface area contributed by atoms with E-state index in [4.69, 9.17) is 21.1 Å². The summed E-state index contributed by atoms with van der Waals surface area (Å²) in [6.07, 6.45) is 0. The number of hydrogen-bond donors (Lipinski definition) is 1. The summed E-state index contributed by atoms with van der Waals surface area (Å²) in [6.45, 7) is 0.0589. The van der Waals surface area contributed by atoms with Crippen molar-refractivity contribution in [3.63, 3.8) is 0 Å². The summed E-state index contributed by atoms with van der Waals surface area (Å²) in [5, 5.41) is 11.8. The van der Waals surface area contributed by atoms with Gasteiger partial charge in [0.15, 0.2) is 0 Å². The highest BCUT2D eigenvalue weighted by molar-refractivity contribution is 6.30. The first-order chi connectivity index (χ1) is 20.0. The minimum absolute atomic E-state index is 0.115. The number of fused-ring (bicyclic) bond motifs is 1. The molecule has 4 aromatic carbocycles. The molecule has 10 heteroatoms. The smallest absolute Gasteiger partial charge is 0.251 e. The quantitative estimate of drug-likeness (QED) is 0.238. The lowest BCUT2D eigenvalue weighted by Gasteiger charge is -2.32. The summed E-state index contributed by atoms with van der Waals surface area (Å²) in [6, 6.07) is 27.9. The lowest BCUT2D eigenvalue weighted by molar-refractivity contribution is -0.140. The zero-order chi connectivity index (χ0) is 28.8. The van der Waals surface area contributed by atoms with Crippen LogP contribution in [0.25, 0.3) is 11.0 Å². The molecule has 0 saturated carbocycles. The number of carbonyl (C=O) groups is 2. The van der Waals surface area contributed by atoms with Gasteiger partial charge >= 0.3 is 0 Å². The summed E-state index contributed by atoms with van der Waals surface area (Å²) in [4.78, 5) is 29.7. The second-order valence-electron chi connectivity index (χ2n) is 9.25. The molecule has 5 rings (SSSR count). The molecule has 5 aromatic rings. The van der Waals surface area contributed by atoms with Gasteiger partial charge in [-0.2, -0.15) is 0 Å². The van der Waals surface area contributed by atoms with Crippen molar-refractivity contribution < 1.29 is 19.1 Å². The molecule has 0 radical (unpaired) electrons. The molecule has 208 valence electrons. The van der Waals surface area contributed by atoms with Crippen molar-refractivity contribution in [1.29, 1.82) is 0 Å². The van der Waals surface area contributed by atoms with Crippen LogP contribution in [-0.2, 0) is 22.7 Å². The average molecular weight is 570 g/mol. The molecule has 9 nitrogen and oxygen atoms in total. The summed E-state index contributed by atoms with van der Waals surface area (Å²) in [7, 11) is 3.06. The van der Waals surface area contributed by atoms with Crippen LogP contribution in [0.5, 0.6) is 11.5 Å². The maximum Gasteiger partial charge on any atom is 0.251 e. The number of nitrogens with one attached hydrogen (secondary N) is 1. The minimum atomic E-state index is -1.01. The monoisotopic (exact) mass is 569 g/mol. The molecule has 2 amide bonds. The van der Waals surface area contributed by atoms with E-state index in [1.54, 1.807) is 59.2 Å². The van der Waals surface area contributed by atoms with Gasteiger partial charge in [-0.15, -0.1) is 5.10 Å². The first kappa shape index (κ1) is 27.7. The number of ether oxygens (including phenoxy) is 2. The number of halogens is 1. The van der Waals surface area contributed by atoms with Crippen molar-refractivity contribution >= 4 is 40.1 Å². The summed E-state index contributed by atoms with van der Waals surface area (Å²) >= 11 is 6.19. The Bertz CT molecular complexity index is 1660. The van der Waals surface area contributed by atoms with Gasteiger partial charge in [-0.1, -0.05) is 71.4 Å². The molecule has 0 spiro atoms. The minimum Gasteiger partial charge on any atom is -0.497 e. The number of amides is 2. The van der Waals surface area contributed by atoms with E-state index in [2.05, 4.69) is 15.6 Å². The van der Waals surface area contributed by atoms with Crippen LogP contribution in [0.2, 0.25) is 5.02 Å². The normalized spacial score (nSPS) is 11.6. The molecule has 0 bridgehead atoms. The Morgan fingerprint density at radius 3 is 2.39 bits per heavy atom. The fraction of sp³-hybridized carbons (Fsp3) is 0.161. The van der Waals surface area contributed by atoms with Gasteiger partial charge < -0.3 is 19.7 Å². The average Bonchev–Trinajstić information content (AvgIpc) is 3.41. The number of carbonyl (C=O) groups excluding carboxylic acids is 2. The predicted molar refractivity (Wildman–Crippen MR) is 157 cm³/mol. The van der Waals surface area contributed by atoms with Crippen molar-refractivity contribution in [3.8, 4) is 11.5 Å². The molecule has 1 aromatic heterocycles. The molecule has 0 fully saturated rings. The number of methoxy groups -OCH3 is 2. The SMILES string of the molecule is COc1ccc(NC(=O)C(c2ccc(Cl)cc2)N(Cc2ccccc2)C(=O)Cn2nnc3ccccc32)c(OC)c1. The Morgan fingerprint density at radius 1 is 0.927 bits per heavy atom. The largest absolute Gasteiger partial charge is 0.497 e. The van der Waals surface area contributed by atoms with Crippen LogP contribution in [-0.4, -0.2) is 45.9 Å². The van der Waals surface area contributed by atoms with Crippen LogP contribution < -0.4 is 14.8 Å². The molecule has 0 aliphatic carbocycles. The topological polar surface area (TPSA) is 98.6 Å². The van der Waals surface area contributed by atoms with E-state index in [0.29, 0.717) is 33.3 Å². The standard InChI is InChI=1S/C31H28ClN5O4/c1-40-24-16-17-26(28(18-24)41-2)33-31(39)30(22-12-14-23(32)15-13-22)36(19-21-8-4-3-5-9-21)29(38)20-37-27-11-7-6-10-25(27)34-35-37/h3-18,30H,19-20H2,1-2H3,(H,33,39). The second kappa shape index (κ2) is 12.5. The number of benzene rings is 4. The van der Waals surface area contributed by atoms with E-state index in [1.165, 1.54) is 7.11 Å². The van der Waals surface area contributed by atoms with Crippen molar-refractivity contribution in [2.75, 3.05) is 19.5 Å². The van der Waals surface area contributed by atoms with Crippen molar-refractivity contribution in [2.24, 2.45) is 0 Å². The van der Waals surface area contributed by atoms with E-state index in [9.17, 15) is 9.59 Å². The van der Waals surface area contributed by atoms with Gasteiger partial charge in [-0.25, -0.2) is 4.68 Å². The van der Waals surface area contributed by atoms with Gasteiger partial charge in [0, 0.05) is 17.6 Å². The zero-order valence-electron chi connectivity index (χ0n) is 22.5. The number of rotatable bonds is 10. The van der Waals surface area contributed by atoms with E-state index in [1.807, 2.05) is 54.6 Å². The molecule has 1 N–H and O–H groups in total. The van der Waals surface area contributed by atoms with Crippen LogP contribution in [0.3, 0.4) is 0 Å². The lowest BCUT2D eigenvalue weighted by Crippen LogP contribution is -2.42. The first-order valence-corrected chi connectivity index (χ1v) is 13.2. The van der Waals surface area contributed by atoms with E-state index >= 15 is 0 Å². The number of nitrogens with zero attached hydrogens (tertiary/aromatic N) is 4. The number of para-hydroxylation sites is 1. The third-order valence-electron chi connectivity index (χ3n) is 6.63. The molecular formula is C31H28ClN5O4. The summed E-state index contributed by atoms with van der Waals surface area (Å²) in [5.41, 5.74) is 3.28. The molecule has 1 unspecified atom stereocenters. The van der Waals surface area contributed by atoms with Crippen LogP contribution in [0.15, 0.2) is 97.1 Å². The van der Waals surface area contributed by atoms with Gasteiger partial charge in [-0.3, -0.25) is 9.59 Å². The molecule has 0 aliphatic rings. The Kier molecular flexibility index (Phi) is 8.45. The van der Waals surface area contributed by atoms with E-state index in [0.717, 1.165) is 11.1 Å². The van der Waals surface area contributed by atoms with Gasteiger partial charge in [0.05, 0.1) is 25.4 Å². The third kappa shape index (κ3) is 6.31. The molecule has 1 atom stereocenters. The summed E-state index contributed by atoms with van der Waals surface area (Å²) < 4.78 is 12.3. The van der Waals surface area contributed by atoms with Gasteiger partial charge in [-0.05, 0) is 47.5 Å². The Labute approximate surface area is 242 Å². The highest BCUT2D eigenvalue weighted by atomic mass is 35.5. The van der Waals surface area contributed by atoms with Crippen LogP contribution in [0, 0.1) is 0 Å². The van der Waals surface area contributed by atoms with Crippen molar-refractivity contribution in [3.05, 3.63) is 113 Å². The fourth-order valence-electron chi connectivity index (χ4n) is 4.58. The maximum absolute atomic E-state index is 14.1. The fourth-order valence-corrected chi connectivity index (χ4v) is 4.70. The molecule has 41 heavy (non-hydrogen) atoms. The van der Waals surface area contributed by atoms with Crippen LogP contribution in [0.4, 0.5) is 5.69 Å². The third-order valence-corrected chi connectivity index (χ3v) is 6.89. The van der Waals surface area contributed by atoms with Gasteiger partial charge in [0.1, 0.15) is 29.6 Å². The Balaban J connectivity index is 1.55. The first-order valence-electron chi connectivity index (χ1n) is 12.9. The number of anilines is 1. The maximum atomic E-state index is 14.1. The van der Waals surface area contributed by atoms with E-state index < -0.39 is 11.9 Å². The Morgan fingerprint density at radius 2 is 1.66 bits per heavy atom. The zero-order valence-corrected chi connectivity index (χ0v) is 23.3. The number of aromatic nitrogens is 3. The molecular weight excluding hydrogens is 542 g/mol. The van der Waals surface area contributed by atoms with Crippen molar-refractivity contribution in [1.82, 2.24) is 19.9 Å². The highest BCUT2D eigenvalue weighted by Gasteiger charge is 2.33. The second-order valence-corrected chi connectivity index (χ2v) is 9.69. The van der Waals surface area contributed by atoms with E-state index in [-0.39, 0.29) is 19.0 Å². The molecule has 0 aliphatic heterocycles. The van der Waals surface area contributed by atoms with Crippen molar-refractivity contribution in [2.45, 2.75) is 19.1 Å². The van der Waals surface area contributed by atoms with Gasteiger partial charge in [0.2, 0.25) is 5.91 Å². The Hall–Kier alpha value is -4.89. The summed E-state index contributed by atoms with van der Waals surface area (Å²) in [5.74, 6) is 0.252. The lowest BCUT2D eigenvalue weighted by atomic mass is 10.0. The number of hydrogen-bond acceptors (Lipinski definition) is 6. The highest BCUT2D eigenvalue weighted by Crippen LogP contribution is 2.32. The van der Waals surface area contributed by atoms with Crippen LogP contribution >= 0.6 is 11.6 Å². The molecule has 0 saturated heterocycles. The van der Waals surface area contributed by atoms with Crippen LogP contribution in [0.1, 0.15) is 17.2 Å². The molecule has 1 heterocycles. The predicted octanol–water partition coefficient (Wildman–Crippen LogP) is 5.51.